The molecular formula is C11H16ClP. The molecule has 0 fully saturated rings. The third-order valence-electron chi connectivity index (χ3n) is 1.79. The van der Waals surface area contributed by atoms with Crippen LogP contribution in [0.3, 0.4) is 0 Å². The van der Waals surface area contributed by atoms with Gasteiger partial charge in [0.05, 0.1) is 0 Å². The molecule has 1 atom stereocenters. The normalized spacial score (nSPS) is 13.7. The van der Waals surface area contributed by atoms with E-state index in [0.717, 1.165) is 24.3 Å². The van der Waals surface area contributed by atoms with Gasteiger partial charge in [-0.25, -0.2) is 0 Å². The molecule has 0 rings (SSSR count). The highest BCUT2D eigenvalue weighted by Crippen LogP contribution is 2.59. The molecule has 0 saturated heterocycles. The van der Waals surface area contributed by atoms with E-state index in [1.54, 1.807) is 0 Å². The quantitative estimate of drug-likeness (QED) is 0.470. The second kappa shape index (κ2) is 6.14. The van der Waals surface area contributed by atoms with Gasteiger partial charge in [-0.05, 0) is 25.1 Å². The number of allylic oxidation sites excluding steroid dienone is 2. The van der Waals surface area contributed by atoms with Crippen molar-refractivity contribution < 1.29 is 0 Å². The molecule has 0 heterocycles. The molecule has 2 heteroatoms. The van der Waals surface area contributed by atoms with E-state index in [0.29, 0.717) is 0 Å². The Labute approximate surface area is 86.1 Å². The van der Waals surface area contributed by atoms with E-state index in [1.165, 1.54) is 0 Å². The first-order valence-electron chi connectivity index (χ1n) is 4.24. The van der Waals surface area contributed by atoms with Gasteiger partial charge in [-0.2, -0.15) is 0 Å². The van der Waals surface area contributed by atoms with Crippen molar-refractivity contribution in [1.82, 2.24) is 0 Å². The fourth-order valence-electron chi connectivity index (χ4n) is 1.06. The summed E-state index contributed by atoms with van der Waals surface area (Å²) < 4.78 is 0. The smallest absolute Gasteiger partial charge is 0.00784 e. The zero-order valence-electron chi connectivity index (χ0n) is 8.15. The Morgan fingerprint density at radius 2 is 2.15 bits per heavy atom. The van der Waals surface area contributed by atoms with E-state index in [9.17, 15) is 0 Å². The van der Waals surface area contributed by atoms with E-state index in [1.807, 2.05) is 6.08 Å². The summed E-state index contributed by atoms with van der Waals surface area (Å²) >= 11 is 6.33. The van der Waals surface area contributed by atoms with Gasteiger partial charge in [-0.15, -0.1) is 11.5 Å². The molecule has 72 valence electrons. The molecular weight excluding hydrogens is 199 g/mol. The average molecular weight is 215 g/mol. The van der Waals surface area contributed by atoms with Crippen molar-refractivity contribution in [3.8, 4) is 0 Å². The molecule has 1 unspecified atom stereocenters. The first-order valence-corrected chi connectivity index (χ1v) is 7.30. The van der Waals surface area contributed by atoms with Crippen LogP contribution in [0.5, 0.6) is 0 Å². The van der Waals surface area contributed by atoms with E-state index in [-0.39, 0.29) is 0 Å². The molecule has 13 heavy (non-hydrogen) atoms. The minimum atomic E-state index is -1.72. The minimum Gasteiger partial charge on any atom is -0.133 e. The van der Waals surface area contributed by atoms with E-state index < -0.39 is 6.24 Å². The Hall–Kier alpha value is -0.370. The SMILES string of the molecule is C=C=CCCP(=C)(Cl)C(=C=C)CC. The summed E-state index contributed by atoms with van der Waals surface area (Å²) in [7, 11) is 0. The first kappa shape index (κ1) is 12.6. The zero-order valence-corrected chi connectivity index (χ0v) is 9.80. The summed E-state index contributed by atoms with van der Waals surface area (Å²) in [5.74, 6) is 0. The lowest BCUT2D eigenvalue weighted by Gasteiger charge is -2.16. The van der Waals surface area contributed by atoms with E-state index in [4.69, 9.17) is 11.2 Å². The molecule has 0 spiro atoms. The van der Waals surface area contributed by atoms with Gasteiger partial charge in [0.2, 0.25) is 0 Å². The van der Waals surface area contributed by atoms with E-state index >= 15 is 0 Å². The van der Waals surface area contributed by atoms with Crippen LogP contribution < -0.4 is 0 Å². The third kappa shape index (κ3) is 4.41. The van der Waals surface area contributed by atoms with Crippen LogP contribution in [0.15, 0.2) is 36.0 Å². The van der Waals surface area contributed by atoms with Gasteiger partial charge in [0, 0.05) is 11.6 Å². The summed E-state index contributed by atoms with van der Waals surface area (Å²) in [6.45, 7) is 9.18. The van der Waals surface area contributed by atoms with E-state index in [2.05, 4.69) is 37.8 Å². The maximum Gasteiger partial charge on any atom is 0.00784 e. The maximum atomic E-state index is 6.33. The summed E-state index contributed by atoms with van der Waals surface area (Å²) in [4.78, 5) is 0. The Morgan fingerprint density at radius 1 is 1.54 bits per heavy atom. The second-order valence-electron chi connectivity index (χ2n) is 2.76. The van der Waals surface area contributed by atoms with Crippen molar-refractivity contribution in [3.63, 3.8) is 0 Å². The summed E-state index contributed by atoms with van der Waals surface area (Å²) in [6, 6.07) is 0. The largest absolute Gasteiger partial charge is 0.133 e. The number of rotatable bonds is 5. The molecule has 0 aromatic heterocycles. The van der Waals surface area contributed by atoms with Crippen molar-refractivity contribution in [3.05, 3.63) is 36.0 Å². The standard InChI is InChI=1S/C11H16ClP/c1-5-8-9-10-13(4,12)11(6-2)7-3/h8H,1-2,4,7,9-10H2,3H3. The van der Waals surface area contributed by atoms with Gasteiger partial charge >= 0.3 is 0 Å². The Kier molecular flexibility index (Phi) is 5.97. The van der Waals surface area contributed by atoms with Crippen LogP contribution in [0.4, 0.5) is 0 Å². The van der Waals surface area contributed by atoms with Crippen molar-refractivity contribution >= 4 is 23.8 Å². The van der Waals surface area contributed by atoms with Crippen LogP contribution in [0.25, 0.3) is 0 Å². The van der Waals surface area contributed by atoms with Gasteiger partial charge in [0.25, 0.3) is 0 Å². The lowest BCUT2D eigenvalue weighted by Crippen LogP contribution is -1.85. The molecule has 0 bridgehead atoms. The fraction of sp³-hybridized carbons (Fsp3) is 0.364. The second-order valence-corrected chi connectivity index (χ2v) is 7.42. The molecule has 0 radical (unpaired) electrons. The summed E-state index contributed by atoms with van der Waals surface area (Å²) in [6.07, 6.45) is 6.88. The molecule has 0 nitrogen and oxygen atoms in total. The molecule has 0 aliphatic heterocycles. The molecule has 0 amide bonds. The summed E-state index contributed by atoms with van der Waals surface area (Å²) in [5.41, 5.74) is 5.62. The Bertz CT molecular complexity index is 302. The topological polar surface area (TPSA) is 0 Å². The monoisotopic (exact) mass is 214 g/mol. The van der Waals surface area contributed by atoms with Crippen molar-refractivity contribution in [2.75, 3.05) is 6.16 Å². The Balaban J connectivity index is 4.47. The first-order chi connectivity index (χ1) is 6.08. The van der Waals surface area contributed by atoms with Gasteiger partial charge in [0.1, 0.15) is 0 Å². The lowest BCUT2D eigenvalue weighted by atomic mass is 10.4. The molecule has 0 aromatic rings. The fourth-order valence-corrected chi connectivity index (χ4v) is 3.55. The van der Waals surface area contributed by atoms with Gasteiger partial charge < -0.3 is 0 Å². The van der Waals surface area contributed by atoms with Crippen LogP contribution in [-0.2, 0) is 0 Å². The molecule has 0 aliphatic carbocycles. The predicted octanol–water partition coefficient (Wildman–Crippen LogP) is 4.40. The molecule has 0 N–H and O–H groups in total. The number of hydrogen-bond donors (Lipinski definition) is 0. The van der Waals surface area contributed by atoms with Crippen molar-refractivity contribution in [2.45, 2.75) is 19.8 Å². The molecule has 0 saturated carbocycles. The number of hydrogen-bond acceptors (Lipinski definition) is 0. The minimum absolute atomic E-state index is 0.878. The highest BCUT2D eigenvalue weighted by molar-refractivity contribution is 7.99. The average Bonchev–Trinajstić information content (AvgIpc) is 2.06. The van der Waals surface area contributed by atoms with Crippen molar-refractivity contribution in [1.29, 1.82) is 0 Å². The predicted molar refractivity (Wildman–Crippen MR) is 66.0 cm³/mol. The maximum absolute atomic E-state index is 6.33. The molecule has 0 aliphatic rings. The van der Waals surface area contributed by atoms with Crippen LogP contribution in [0, 0.1) is 0 Å². The van der Waals surface area contributed by atoms with Gasteiger partial charge in [-0.1, -0.05) is 37.6 Å². The van der Waals surface area contributed by atoms with Crippen LogP contribution in [-0.4, -0.2) is 12.5 Å². The van der Waals surface area contributed by atoms with Gasteiger partial charge in [0.15, 0.2) is 0 Å². The highest BCUT2D eigenvalue weighted by atomic mass is 35.7. The highest BCUT2D eigenvalue weighted by Gasteiger charge is 2.13. The number of halogens is 1. The Morgan fingerprint density at radius 3 is 2.54 bits per heavy atom. The van der Waals surface area contributed by atoms with Crippen LogP contribution >= 0.6 is 17.5 Å². The molecule has 0 aromatic carbocycles. The van der Waals surface area contributed by atoms with Crippen LogP contribution in [0.1, 0.15) is 19.8 Å². The zero-order chi connectivity index (χ0) is 10.3. The van der Waals surface area contributed by atoms with Gasteiger partial charge in [-0.3, -0.25) is 0 Å². The van der Waals surface area contributed by atoms with Crippen LogP contribution in [0.2, 0.25) is 0 Å². The lowest BCUT2D eigenvalue weighted by molar-refractivity contribution is 1.18. The third-order valence-corrected chi connectivity index (χ3v) is 5.32. The summed E-state index contributed by atoms with van der Waals surface area (Å²) in [5, 5.41) is 1.08. The van der Waals surface area contributed by atoms with Crippen molar-refractivity contribution in [2.24, 2.45) is 0 Å².